The number of carbonyl (C=O) groups excluding carboxylic acids is 2. The molecule has 8 rings (SSSR count). The molecule has 0 saturated carbocycles. The average Bonchev–Trinajstić information content (AvgIpc) is 3.69. The van der Waals surface area contributed by atoms with E-state index in [9.17, 15) is 29.4 Å². The van der Waals surface area contributed by atoms with Crippen LogP contribution in [0.1, 0.15) is 59.6 Å². The number of aliphatic hydroxyl groups excluding tert-OH is 2. The van der Waals surface area contributed by atoms with Crippen molar-refractivity contribution in [3.05, 3.63) is 139 Å². The van der Waals surface area contributed by atoms with Gasteiger partial charge in [-0.2, -0.15) is 0 Å². The van der Waals surface area contributed by atoms with Crippen LogP contribution in [0.5, 0.6) is 11.5 Å². The molecule has 2 aromatic carbocycles. The van der Waals surface area contributed by atoms with Crippen molar-refractivity contribution >= 4 is 24.0 Å². The fourth-order valence-corrected chi connectivity index (χ4v) is 11.0. The Labute approximate surface area is 397 Å². The number of aliphatic hydroxyl groups is 2. The standard InChI is InChI=1S/2C26H33N3O5/c2*1-4-7-17-10-11-20-24-23(25(31)27-12-13-33-2)19(16-30)21(15-29(20)26(17)32)28(24)14-18-8-5-6-9-22(18)34-3/h2*4-11,19,21,23-24,30H,12-16H2,1-3H3,(H,27,31)/b7-4+;7-4-/t2*19-,21-,23+,24+/m00/s1. The molecule has 0 spiro atoms. The van der Waals surface area contributed by atoms with Crippen molar-refractivity contribution < 1.29 is 38.7 Å². The summed E-state index contributed by atoms with van der Waals surface area (Å²) >= 11 is 0. The first-order valence-electron chi connectivity index (χ1n) is 23.3. The van der Waals surface area contributed by atoms with Gasteiger partial charge in [-0.15, -0.1) is 0 Å². The van der Waals surface area contributed by atoms with Crippen LogP contribution in [0.4, 0.5) is 0 Å². The molecule has 4 aliphatic rings. The molecule has 6 heterocycles. The molecule has 0 unspecified atom stereocenters. The number of amides is 2. The predicted molar refractivity (Wildman–Crippen MR) is 259 cm³/mol. The van der Waals surface area contributed by atoms with Gasteiger partial charge < -0.3 is 48.9 Å². The number of pyridine rings is 2. The molecule has 16 heteroatoms. The number of fused-ring (bicyclic) bond motifs is 8. The molecule has 2 fully saturated rings. The quantitative estimate of drug-likeness (QED) is 0.106. The molecule has 68 heavy (non-hydrogen) atoms. The summed E-state index contributed by atoms with van der Waals surface area (Å²) < 4.78 is 24.9. The minimum Gasteiger partial charge on any atom is -0.496 e. The minimum atomic E-state index is -0.498. The minimum absolute atomic E-state index is 0.0697. The lowest BCUT2D eigenvalue weighted by Crippen LogP contribution is -2.46. The summed E-state index contributed by atoms with van der Waals surface area (Å²) in [7, 11) is 6.46. The molecule has 2 amide bonds. The lowest BCUT2D eigenvalue weighted by Gasteiger charge is -2.38. The first-order chi connectivity index (χ1) is 33.1. The Kier molecular flexibility index (Phi) is 16.9. The zero-order valence-corrected chi connectivity index (χ0v) is 39.9. The van der Waals surface area contributed by atoms with Crippen molar-refractivity contribution in [3.8, 4) is 11.5 Å². The van der Waals surface area contributed by atoms with E-state index in [4.69, 9.17) is 18.9 Å². The van der Waals surface area contributed by atoms with Gasteiger partial charge in [-0.25, -0.2) is 0 Å². The molecule has 364 valence electrons. The number of hydrogen-bond acceptors (Lipinski definition) is 12. The van der Waals surface area contributed by atoms with Crippen LogP contribution in [0.15, 0.2) is 94.5 Å². The fraction of sp³-hybridized carbons (Fsp3) is 0.462. The van der Waals surface area contributed by atoms with Crippen LogP contribution >= 0.6 is 0 Å². The normalized spacial score (nSPS) is 23.8. The highest BCUT2D eigenvalue weighted by atomic mass is 16.5. The number of aromatic nitrogens is 2. The number of para-hydroxylation sites is 2. The van der Waals surface area contributed by atoms with Gasteiger partial charge in [0.25, 0.3) is 11.1 Å². The van der Waals surface area contributed by atoms with Crippen molar-refractivity contribution in [2.75, 3.05) is 68.0 Å². The fourth-order valence-electron chi connectivity index (χ4n) is 11.0. The zero-order valence-electron chi connectivity index (χ0n) is 39.9. The summed E-state index contributed by atoms with van der Waals surface area (Å²) in [6, 6.07) is 22.1. The average molecular weight is 935 g/mol. The molecular formula is C52H66N6O10. The molecule has 0 radical (unpaired) electrons. The summed E-state index contributed by atoms with van der Waals surface area (Å²) in [5.41, 5.74) is 4.69. The van der Waals surface area contributed by atoms with Gasteiger partial charge in [-0.3, -0.25) is 29.0 Å². The van der Waals surface area contributed by atoms with Gasteiger partial charge in [0.1, 0.15) is 11.5 Å². The van der Waals surface area contributed by atoms with E-state index in [0.717, 1.165) is 34.0 Å². The largest absolute Gasteiger partial charge is 0.496 e. The number of allylic oxidation sites excluding steroid dienone is 2. The van der Waals surface area contributed by atoms with Gasteiger partial charge in [0.2, 0.25) is 11.8 Å². The summed E-state index contributed by atoms with van der Waals surface area (Å²) in [5.74, 6) is -0.341. The second-order valence-corrected chi connectivity index (χ2v) is 17.6. The maximum Gasteiger partial charge on any atom is 0.258 e. The van der Waals surface area contributed by atoms with Crippen molar-refractivity contribution in [1.82, 2.24) is 29.6 Å². The number of carbonyl (C=O) groups is 2. The van der Waals surface area contributed by atoms with Crippen LogP contribution in [0.3, 0.4) is 0 Å². The maximum absolute atomic E-state index is 13.4. The first kappa shape index (κ1) is 50.0. The van der Waals surface area contributed by atoms with Crippen LogP contribution in [0.25, 0.3) is 12.2 Å². The van der Waals surface area contributed by atoms with E-state index in [-0.39, 0.29) is 72.1 Å². The molecular weight excluding hydrogens is 869 g/mol. The van der Waals surface area contributed by atoms with Gasteiger partial charge in [-0.05, 0) is 50.2 Å². The van der Waals surface area contributed by atoms with Crippen LogP contribution < -0.4 is 31.2 Å². The highest BCUT2D eigenvalue weighted by Crippen LogP contribution is 2.51. The van der Waals surface area contributed by atoms with E-state index in [0.29, 0.717) is 63.6 Å². The molecule has 16 nitrogen and oxygen atoms in total. The van der Waals surface area contributed by atoms with Gasteiger partial charge in [0.15, 0.2) is 0 Å². The second kappa shape index (κ2) is 22.9. The van der Waals surface area contributed by atoms with Crippen LogP contribution in [0.2, 0.25) is 0 Å². The van der Waals surface area contributed by atoms with E-state index >= 15 is 0 Å². The van der Waals surface area contributed by atoms with Crippen LogP contribution in [-0.2, 0) is 45.2 Å². The second-order valence-electron chi connectivity index (χ2n) is 17.6. The van der Waals surface area contributed by atoms with Gasteiger partial charge >= 0.3 is 0 Å². The number of rotatable bonds is 18. The number of ether oxygens (including phenoxy) is 4. The highest BCUT2D eigenvalue weighted by molar-refractivity contribution is 5.81. The van der Waals surface area contributed by atoms with Gasteiger partial charge in [0.05, 0.1) is 51.4 Å². The first-order valence-corrected chi connectivity index (χ1v) is 23.3. The van der Waals surface area contributed by atoms with Crippen LogP contribution in [0, 0.1) is 23.7 Å². The third-order valence-electron chi connectivity index (χ3n) is 14.0. The molecule has 4 bridgehead atoms. The van der Waals surface area contributed by atoms with Crippen molar-refractivity contribution in [2.45, 2.75) is 64.2 Å². The van der Waals surface area contributed by atoms with E-state index in [1.807, 2.05) is 98.8 Å². The van der Waals surface area contributed by atoms with E-state index in [1.54, 1.807) is 49.7 Å². The van der Waals surface area contributed by atoms with Crippen molar-refractivity contribution in [1.29, 1.82) is 0 Å². The lowest BCUT2D eigenvalue weighted by molar-refractivity contribution is -0.128. The maximum atomic E-state index is 13.4. The highest BCUT2D eigenvalue weighted by Gasteiger charge is 2.57. The molecule has 0 aliphatic carbocycles. The smallest absolute Gasteiger partial charge is 0.258 e. The summed E-state index contributed by atoms with van der Waals surface area (Å²) in [5, 5.41) is 26.8. The SMILES string of the molecule is C/C=C/c1ccc2n(c1=O)C[C@H]1[C@H](CO)[C@@H](C(=O)NCCOC)[C@@H]2N1Cc1ccccc1OC.C/C=C\c1ccc2n(c1=O)C[C@H]1[C@H](CO)[C@@H](C(=O)NCCOC)[C@@H]2N1Cc1ccccc1OC. The Morgan fingerprint density at radius 3 is 1.37 bits per heavy atom. The molecule has 2 aromatic heterocycles. The molecule has 4 aliphatic heterocycles. The number of hydrogen-bond donors (Lipinski definition) is 4. The number of nitrogens with zero attached hydrogens (tertiary/aromatic N) is 4. The monoisotopic (exact) mass is 934 g/mol. The zero-order chi connectivity index (χ0) is 48.5. The molecule has 4 aromatic rings. The summed E-state index contributed by atoms with van der Waals surface area (Å²) in [4.78, 5) is 57.8. The molecule has 4 N–H and O–H groups in total. The third kappa shape index (κ3) is 9.84. The van der Waals surface area contributed by atoms with Gasteiger partial charge in [0, 0.05) is 124 Å². The Morgan fingerprint density at radius 1 is 0.618 bits per heavy atom. The Morgan fingerprint density at radius 2 is 1.01 bits per heavy atom. The van der Waals surface area contributed by atoms with Gasteiger partial charge in [-0.1, -0.05) is 60.7 Å². The van der Waals surface area contributed by atoms with Crippen molar-refractivity contribution in [2.24, 2.45) is 23.7 Å². The van der Waals surface area contributed by atoms with E-state index in [2.05, 4.69) is 20.4 Å². The number of benzene rings is 2. The van der Waals surface area contributed by atoms with E-state index in [1.165, 1.54) is 0 Å². The summed E-state index contributed by atoms with van der Waals surface area (Å²) in [6.45, 7) is 6.99. The molecule has 2 saturated heterocycles. The predicted octanol–water partition coefficient (Wildman–Crippen LogP) is 3.63. The Hall–Kier alpha value is -5.88. The third-order valence-corrected chi connectivity index (χ3v) is 14.0. The van der Waals surface area contributed by atoms with E-state index < -0.39 is 11.8 Å². The number of methoxy groups -OCH3 is 4. The number of nitrogens with one attached hydrogen (secondary N) is 2. The topological polar surface area (TPSA) is 186 Å². The molecule has 8 atom stereocenters. The summed E-state index contributed by atoms with van der Waals surface area (Å²) in [6.07, 6.45) is 7.30. The Balaban J connectivity index is 0.000000201. The van der Waals surface area contributed by atoms with Crippen molar-refractivity contribution in [3.63, 3.8) is 0 Å². The Bertz CT molecular complexity index is 2400. The van der Waals surface area contributed by atoms with Crippen LogP contribution in [-0.4, -0.2) is 121 Å². The lowest BCUT2D eigenvalue weighted by atomic mass is 9.86.